The smallest absolute Gasteiger partial charge is 0.259 e. The predicted molar refractivity (Wildman–Crippen MR) is 98.0 cm³/mol. The molecule has 26 heavy (non-hydrogen) atoms. The number of carbonyl (C=O) groups is 2. The number of hydrogen-bond donors (Lipinski definition) is 3. The van der Waals surface area contributed by atoms with Crippen LogP contribution in [-0.4, -0.2) is 39.0 Å². The van der Waals surface area contributed by atoms with Crippen molar-refractivity contribution in [2.24, 2.45) is 5.10 Å². The first-order valence-electron chi connectivity index (χ1n) is 8.54. The van der Waals surface area contributed by atoms with Crippen LogP contribution in [0.15, 0.2) is 34.3 Å². The van der Waals surface area contributed by atoms with Crippen molar-refractivity contribution >= 4 is 27.5 Å². The zero-order chi connectivity index (χ0) is 19.0. The Labute approximate surface area is 153 Å². The molecule has 8 nitrogen and oxygen atoms in total. The molecule has 3 N–H and O–H groups in total. The standard InChI is InChI=1S/C17H24N4O4S/c1-13-7-9-15(10-8-13)26(24,25)19-12-16(22)18-11-17(23)21-20-14-5-3-2-4-6-14/h7-10,19H,2-6,11-12H2,1H3,(H,18,22)(H,21,23). The first-order chi connectivity index (χ1) is 12.4. The molecule has 0 aromatic heterocycles. The molecule has 2 rings (SSSR count). The van der Waals surface area contributed by atoms with Gasteiger partial charge in [0.05, 0.1) is 18.0 Å². The van der Waals surface area contributed by atoms with E-state index in [4.69, 9.17) is 0 Å². The van der Waals surface area contributed by atoms with E-state index in [-0.39, 0.29) is 11.4 Å². The molecule has 0 heterocycles. The Bertz CT molecular complexity index is 764. The van der Waals surface area contributed by atoms with Gasteiger partial charge in [0, 0.05) is 5.71 Å². The molecular formula is C17H24N4O4S. The van der Waals surface area contributed by atoms with Crippen molar-refractivity contribution < 1.29 is 18.0 Å². The lowest BCUT2D eigenvalue weighted by atomic mass is 9.99. The second kappa shape index (κ2) is 9.44. The maximum Gasteiger partial charge on any atom is 0.259 e. The topological polar surface area (TPSA) is 117 Å². The summed E-state index contributed by atoms with van der Waals surface area (Å²) in [6.45, 7) is 1.14. The van der Waals surface area contributed by atoms with Crippen molar-refractivity contribution in [2.45, 2.75) is 43.9 Å². The fourth-order valence-electron chi connectivity index (χ4n) is 2.46. The van der Waals surface area contributed by atoms with Gasteiger partial charge in [-0.1, -0.05) is 24.1 Å². The number of rotatable bonds is 7. The number of sulfonamides is 1. The second-order valence-electron chi connectivity index (χ2n) is 6.19. The third kappa shape index (κ3) is 6.57. The van der Waals surface area contributed by atoms with Crippen LogP contribution < -0.4 is 15.5 Å². The molecular weight excluding hydrogens is 356 g/mol. The molecule has 1 aliphatic carbocycles. The summed E-state index contributed by atoms with van der Waals surface area (Å²) in [6, 6.07) is 6.28. The van der Waals surface area contributed by atoms with Crippen LogP contribution in [0.2, 0.25) is 0 Å². The summed E-state index contributed by atoms with van der Waals surface area (Å²) >= 11 is 0. The van der Waals surface area contributed by atoms with E-state index in [0.717, 1.165) is 37.0 Å². The van der Waals surface area contributed by atoms with E-state index in [1.54, 1.807) is 12.1 Å². The molecule has 1 aromatic carbocycles. The van der Waals surface area contributed by atoms with Crippen LogP contribution >= 0.6 is 0 Å². The Kier molecular flexibility index (Phi) is 7.28. The zero-order valence-electron chi connectivity index (χ0n) is 14.7. The average Bonchev–Trinajstić information content (AvgIpc) is 2.64. The molecule has 0 unspecified atom stereocenters. The van der Waals surface area contributed by atoms with Gasteiger partial charge in [-0.2, -0.15) is 5.10 Å². The highest BCUT2D eigenvalue weighted by Gasteiger charge is 2.15. The van der Waals surface area contributed by atoms with Gasteiger partial charge in [-0.25, -0.2) is 18.6 Å². The number of carbonyl (C=O) groups excluding carboxylic acids is 2. The molecule has 0 bridgehead atoms. The summed E-state index contributed by atoms with van der Waals surface area (Å²) < 4.78 is 26.4. The van der Waals surface area contributed by atoms with Crippen LogP contribution in [0.4, 0.5) is 0 Å². The highest BCUT2D eigenvalue weighted by molar-refractivity contribution is 7.89. The molecule has 0 radical (unpaired) electrons. The maximum atomic E-state index is 12.1. The van der Waals surface area contributed by atoms with Crippen LogP contribution in [0.25, 0.3) is 0 Å². The summed E-state index contributed by atoms with van der Waals surface area (Å²) in [5, 5.41) is 6.40. The van der Waals surface area contributed by atoms with E-state index in [0.29, 0.717) is 0 Å². The lowest BCUT2D eigenvalue weighted by Crippen LogP contribution is -2.41. The van der Waals surface area contributed by atoms with Crippen molar-refractivity contribution in [1.82, 2.24) is 15.5 Å². The molecule has 0 aliphatic heterocycles. The number of amides is 2. The predicted octanol–water partition coefficient (Wildman–Crippen LogP) is 0.826. The second-order valence-corrected chi connectivity index (χ2v) is 7.95. The van der Waals surface area contributed by atoms with E-state index >= 15 is 0 Å². The monoisotopic (exact) mass is 380 g/mol. The minimum atomic E-state index is -3.77. The molecule has 0 saturated heterocycles. The van der Waals surface area contributed by atoms with Crippen LogP contribution in [0, 0.1) is 6.92 Å². The number of aryl methyl sites for hydroxylation is 1. The summed E-state index contributed by atoms with van der Waals surface area (Å²) in [7, 11) is -3.77. The van der Waals surface area contributed by atoms with Gasteiger partial charge in [-0.05, 0) is 44.7 Å². The summed E-state index contributed by atoms with van der Waals surface area (Å²) in [4.78, 5) is 23.5. The Morgan fingerprint density at radius 3 is 2.31 bits per heavy atom. The molecule has 142 valence electrons. The summed E-state index contributed by atoms with van der Waals surface area (Å²) in [5.74, 6) is -1.04. The molecule has 1 aliphatic rings. The maximum absolute atomic E-state index is 12.1. The number of nitrogens with zero attached hydrogens (tertiary/aromatic N) is 1. The number of benzene rings is 1. The van der Waals surface area contributed by atoms with Gasteiger partial charge in [0.2, 0.25) is 15.9 Å². The van der Waals surface area contributed by atoms with Crippen LogP contribution in [0.1, 0.15) is 37.7 Å². The fraction of sp³-hybridized carbons (Fsp3) is 0.471. The molecule has 1 fully saturated rings. The van der Waals surface area contributed by atoms with Crippen molar-refractivity contribution in [3.63, 3.8) is 0 Å². The average molecular weight is 380 g/mol. The zero-order valence-corrected chi connectivity index (χ0v) is 15.6. The van der Waals surface area contributed by atoms with E-state index in [9.17, 15) is 18.0 Å². The first kappa shape index (κ1) is 20.1. The van der Waals surface area contributed by atoms with Crippen molar-refractivity contribution in [2.75, 3.05) is 13.1 Å². The van der Waals surface area contributed by atoms with Gasteiger partial charge < -0.3 is 5.32 Å². The van der Waals surface area contributed by atoms with Crippen LogP contribution in [0.3, 0.4) is 0 Å². The van der Waals surface area contributed by atoms with E-state index < -0.39 is 28.4 Å². The molecule has 9 heteroatoms. The highest BCUT2D eigenvalue weighted by Crippen LogP contribution is 2.14. The minimum absolute atomic E-state index is 0.0805. The van der Waals surface area contributed by atoms with Gasteiger partial charge in [-0.15, -0.1) is 0 Å². The lowest BCUT2D eigenvalue weighted by Gasteiger charge is -2.12. The first-order valence-corrected chi connectivity index (χ1v) is 10.0. The van der Waals surface area contributed by atoms with Gasteiger partial charge in [0.1, 0.15) is 0 Å². The quantitative estimate of drug-likeness (QED) is 0.607. The number of hydrogen-bond acceptors (Lipinski definition) is 5. The minimum Gasteiger partial charge on any atom is -0.346 e. The lowest BCUT2D eigenvalue weighted by molar-refractivity contribution is -0.125. The van der Waals surface area contributed by atoms with Crippen LogP contribution in [-0.2, 0) is 19.6 Å². The third-order valence-corrected chi connectivity index (χ3v) is 5.39. The van der Waals surface area contributed by atoms with Gasteiger partial charge in [-0.3, -0.25) is 9.59 Å². The highest BCUT2D eigenvalue weighted by atomic mass is 32.2. The van der Waals surface area contributed by atoms with Gasteiger partial charge in [0.15, 0.2) is 0 Å². The Balaban J connectivity index is 1.72. The van der Waals surface area contributed by atoms with E-state index in [1.165, 1.54) is 18.6 Å². The summed E-state index contributed by atoms with van der Waals surface area (Å²) in [6.07, 6.45) is 5.10. The Morgan fingerprint density at radius 1 is 1.00 bits per heavy atom. The van der Waals surface area contributed by atoms with Crippen LogP contribution in [0.5, 0.6) is 0 Å². The Hall–Kier alpha value is -2.26. The summed E-state index contributed by atoms with van der Waals surface area (Å²) in [5.41, 5.74) is 4.30. The fourth-order valence-corrected chi connectivity index (χ4v) is 3.44. The Morgan fingerprint density at radius 2 is 1.65 bits per heavy atom. The molecule has 0 atom stereocenters. The van der Waals surface area contributed by atoms with Crippen molar-refractivity contribution in [3.8, 4) is 0 Å². The van der Waals surface area contributed by atoms with Crippen molar-refractivity contribution in [3.05, 3.63) is 29.8 Å². The SMILES string of the molecule is Cc1ccc(S(=O)(=O)NCC(=O)NCC(=O)NN=C2CCCCC2)cc1. The normalized spacial score (nSPS) is 14.6. The van der Waals surface area contributed by atoms with Gasteiger partial charge in [0.25, 0.3) is 5.91 Å². The molecule has 1 aromatic rings. The largest absolute Gasteiger partial charge is 0.346 e. The van der Waals surface area contributed by atoms with E-state index in [2.05, 4.69) is 20.6 Å². The number of nitrogens with one attached hydrogen (secondary N) is 3. The van der Waals surface area contributed by atoms with Gasteiger partial charge >= 0.3 is 0 Å². The number of hydrazone groups is 1. The molecule has 2 amide bonds. The van der Waals surface area contributed by atoms with Crippen molar-refractivity contribution in [1.29, 1.82) is 0 Å². The van der Waals surface area contributed by atoms with E-state index in [1.807, 2.05) is 6.92 Å². The molecule has 0 spiro atoms. The molecule has 1 saturated carbocycles. The third-order valence-electron chi connectivity index (χ3n) is 3.97.